The number of nitrogens with zero attached hydrogens (tertiary/aromatic N) is 3. The van der Waals surface area contributed by atoms with Crippen LogP contribution in [0.25, 0.3) is 10.8 Å². The number of fused-ring (bicyclic) bond motifs is 2. The third kappa shape index (κ3) is 3.27. The van der Waals surface area contributed by atoms with Gasteiger partial charge in [0.25, 0.3) is 0 Å². The average molecular weight is 323 g/mol. The zero-order valence-electron chi connectivity index (χ0n) is 13.5. The van der Waals surface area contributed by atoms with Gasteiger partial charge in [-0.05, 0) is 22.9 Å². The summed E-state index contributed by atoms with van der Waals surface area (Å²) in [5.41, 5.74) is 0. The summed E-state index contributed by atoms with van der Waals surface area (Å²) in [6.45, 7) is 3.52. The molecule has 0 radical (unpaired) electrons. The number of aliphatic hydroxyl groups is 1. The maximum absolute atomic E-state index is 10.3. The Hall–Kier alpha value is -2.37. The molecule has 1 atom stereocenters. The standard InChI is InChI=1S/C19H21N3O2/c23-17(12-21-9-10-22-8-7-20-19(22)13-21)14-24-18-6-5-15-3-1-2-4-16(15)11-18/h1-8,11,17,23H,9-10,12-14H2. The van der Waals surface area contributed by atoms with E-state index in [0.717, 1.165) is 36.6 Å². The molecule has 1 unspecified atom stereocenters. The Morgan fingerprint density at radius 2 is 2.00 bits per heavy atom. The molecule has 0 aliphatic carbocycles. The second-order valence-corrected chi connectivity index (χ2v) is 6.25. The van der Waals surface area contributed by atoms with Gasteiger partial charge in [0, 0.05) is 32.0 Å². The molecule has 0 amide bonds. The molecule has 5 heteroatoms. The third-order valence-corrected chi connectivity index (χ3v) is 4.46. The molecule has 1 N–H and O–H groups in total. The van der Waals surface area contributed by atoms with Crippen LogP contribution in [0.4, 0.5) is 0 Å². The Labute approximate surface area is 141 Å². The maximum Gasteiger partial charge on any atom is 0.122 e. The molecule has 124 valence electrons. The van der Waals surface area contributed by atoms with Crippen LogP contribution < -0.4 is 4.74 Å². The first-order valence-electron chi connectivity index (χ1n) is 8.30. The molecule has 0 spiro atoms. The summed E-state index contributed by atoms with van der Waals surface area (Å²) in [6, 6.07) is 14.2. The van der Waals surface area contributed by atoms with Crippen LogP contribution in [0.3, 0.4) is 0 Å². The first-order valence-corrected chi connectivity index (χ1v) is 8.30. The van der Waals surface area contributed by atoms with E-state index < -0.39 is 6.10 Å². The van der Waals surface area contributed by atoms with E-state index in [1.807, 2.05) is 42.7 Å². The summed E-state index contributed by atoms with van der Waals surface area (Å²) in [6.07, 6.45) is 3.32. The van der Waals surface area contributed by atoms with Crippen LogP contribution in [-0.4, -0.2) is 45.4 Å². The fourth-order valence-corrected chi connectivity index (χ4v) is 3.18. The molecule has 4 rings (SSSR count). The van der Waals surface area contributed by atoms with E-state index in [-0.39, 0.29) is 0 Å². The van der Waals surface area contributed by atoms with Gasteiger partial charge in [0.05, 0.1) is 6.54 Å². The van der Waals surface area contributed by atoms with Crippen LogP contribution in [0, 0.1) is 0 Å². The Bertz CT molecular complexity index is 830. The number of hydrogen-bond donors (Lipinski definition) is 1. The van der Waals surface area contributed by atoms with Gasteiger partial charge in [-0.3, -0.25) is 4.90 Å². The van der Waals surface area contributed by atoms with Crippen molar-refractivity contribution in [2.75, 3.05) is 19.7 Å². The van der Waals surface area contributed by atoms with Gasteiger partial charge < -0.3 is 14.4 Å². The molecular weight excluding hydrogens is 302 g/mol. The number of ether oxygens (including phenoxy) is 1. The highest BCUT2D eigenvalue weighted by molar-refractivity contribution is 5.83. The molecule has 0 saturated carbocycles. The lowest BCUT2D eigenvalue weighted by molar-refractivity contribution is 0.0584. The molecule has 0 saturated heterocycles. The van der Waals surface area contributed by atoms with E-state index in [2.05, 4.69) is 26.6 Å². The van der Waals surface area contributed by atoms with E-state index in [1.165, 1.54) is 5.39 Å². The van der Waals surface area contributed by atoms with Gasteiger partial charge in [-0.25, -0.2) is 4.98 Å². The highest BCUT2D eigenvalue weighted by Gasteiger charge is 2.19. The molecule has 2 aromatic carbocycles. The smallest absolute Gasteiger partial charge is 0.122 e. The van der Waals surface area contributed by atoms with Crippen LogP contribution >= 0.6 is 0 Å². The third-order valence-electron chi connectivity index (χ3n) is 4.46. The Morgan fingerprint density at radius 1 is 1.12 bits per heavy atom. The van der Waals surface area contributed by atoms with Crippen molar-refractivity contribution in [3.8, 4) is 5.75 Å². The zero-order valence-corrected chi connectivity index (χ0v) is 13.5. The minimum atomic E-state index is -0.516. The number of β-amino-alcohol motifs (C(OH)–C–C–N with tert-alkyl or cyclic N) is 1. The second-order valence-electron chi connectivity index (χ2n) is 6.25. The summed E-state index contributed by atoms with van der Waals surface area (Å²) in [5, 5.41) is 12.6. The SMILES string of the molecule is OC(COc1ccc2ccccc2c1)CN1CCn2ccnc2C1. The fourth-order valence-electron chi connectivity index (χ4n) is 3.18. The molecule has 0 bridgehead atoms. The Balaban J connectivity index is 1.32. The van der Waals surface area contributed by atoms with Crippen molar-refractivity contribution in [1.82, 2.24) is 14.5 Å². The zero-order chi connectivity index (χ0) is 16.4. The van der Waals surface area contributed by atoms with Gasteiger partial charge in [0.1, 0.15) is 24.3 Å². The van der Waals surface area contributed by atoms with Gasteiger partial charge in [0.15, 0.2) is 0 Å². The summed E-state index contributed by atoms with van der Waals surface area (Å²) >= 11 is 0. The first kappa shape index (κ1) is 15.2. The van der Waals surface area contributed by atoms with E-state index in [9.17, 15) is 5.11 Å². The van der Waals surface area contributed by atoms with Gasteiger partial charge in [-0.1, -0.05) is 30.3 Å². The van der Waals surface area contributed by atoms with Crippen LogP contribution in [0.1, 0.15) is 5.82 Å². The molecule has 5 nitrogen and oxygen atoms in total. The molecule has 0 fully saturated rings. The lowest BCUT2D eigenvalue weighted by Crippen LogP contribution is -2.40. The summed E-state index contributed by atoms with van der Waals surface area (Å²) < 4.78 is 7.94. The van der Waals surface area contributed by atoms with E-state index in [1.54, 1.807) is 0 Å². The average Bonchev–Trinajstić information content (AvgIpc) is 3.07. The molecule has 1 aliphatic rings. The van der Waals surface area contributed by atoms with Crippen molar-refractivity contribution in [3.63, 3.8) is 0 Å². The quantitative estimate of drug-likeness (QED) is 0.783. The second kappa shape index (κ2) is 6.63. The van der Waals surface area contributed by atoms with Gasteiger partial charge in [-0.15, -0.1) is 0 Å². The van der Waals surface area contributed by atoms with E-state index >= 15 is 0 Å². The van der Waals surface area contributed by atoms with Crippen LogP contribution in [0.15, 0.2) is 54.9 Å². The summed E-state index contributed by atoms with van der Waals surface area (Å²) in [4.78, 5) is 6.56. The number of aliphatic hydroxyl groups excluding tert-OH is 1. The predicted molar refractivity (Wildman–Crippen MR) is 93.0 cm³/mol. The minimum absolute atomic E-state index is 0.295. The van der Waals surface area contributed by atoms with Crippen molar-refractivity contribution in [3.05, 3.63) is 60.7 Å². The van der Waals surface area contributed by atoms with Gasteiger partial charge in [0.2, 0.25) is 0 Å². The lowest BCUT2D eigenvalue weighted by atomic mass is 10.1. The molecule has 3 aromatic rings. The topological polar surface area (TPSA) is 50.5 Å². The van der Waals surface area contributed by atoms with E-state index in [4.69, 9.17) is 4.74 Å². The molecule has 1 aromatic heterocycles. The number of aromatic nitrogens is 2. The van der Waals surface area contributed by atoms with Crippen molar-refractivity contribution in [2.24, 2.45) is 0 Å². The normalized spacial score (nSPS) is 16.0. The summed E-state index contributed by atoms with van der Waals surface area (Å²) in [5.74, 6) is 1.85. The number of benzene rings is 2. The predicted octanol–water partition coefficient (Wildman–Crippen LogP) is 2.29. The van der Waals surface area contributed by atoms with Crippen molar-refractivity contribution < 1.29 is 9.84 Å². The first-order chi connectivity index (χ1) is 11.8. The van der Waals surface area contributed by atoms with Gasteiger partial charge >= 0.3 is 0 Å². The van der Waals surface area contributed by atoms with Gasteiger partial charge in [-0.2, -0.15) is 0 Å². The molecule has 24 heavy (non-hydrogen) atoms. The Kier molecular flexibility index (Phi) is 4.19. The van der Waals surface area contributed by atoms with Crippen molar-refractivity contribution in [1.29, 1.82) is 0 Å². The number of imidazole rings is 1. The van der Waals surface area contributed by atoms with Crippen LogP contribution in [0.2, 0.25) is 0 Å². The number of hydrogen-bond acceptors (Lipinski definition) is 4. The van der Waals surface area contributed by atoms with Crippen molar-refractivity contribution in [2.45, 2.75) is 19.2 Å². The minimum Gasteiger partial charge on any atom is -0.491 e. The van der Waals surface area contributed by atoms with Crippen LogP contribution in [0.5, 0.6) is 5.75 Å². The molecular formula is C19H21N3O2. The molecule has 1 aliphatic heterocycles. The molecule has 2 heterocycles. The highest BCUT2D eigenvalue weighted by Crippen LogP contribution is 2.20. The van der Waals surface area contributed by atoms with Crippen molar-refractivity contribution >= 4 is 10.8 Å². The highest BCUT2D eigenvalue weighted by atomic mass is 16.5. The number of rotatable bonds is 5. The summed E-state index contributed by atoms with van der Waals surface area (Å²) in [7, 11) is 0. The fraction of sp³-hybridized carbons (Fsp3) is 0.316. The van der Waals surface area contributed by atoms with Crippen LogP contribution in [-0.2, 0) is 13.1 Å². The largest absolute Gasteiger partial charge is 0.491 e. The maximum atomic E-state index is 10.3. The Morgan fingerprint density at radius 3 is 2.92 bits per heavy atom. The lowest BCUT2D eigenvalue weighted by Gasteiger charge is -2.29. The monoisotopic (exact) mass is 323 g/mol. The van der Waals surface area contributed by atoms with E-state index in [0.29, 0.717) is 13.2 Å².